The van der Waals surface area contributed by atoms with Crippen molar-refractivity contribution in [3.8, 4) is 11.5 Å². The van der Waals surface area contributed by atoms with Crippen LogP contribution in [0.3, 0.4) is 0 Å². The van der Waals surface area contributed by atoms with Crippen LogP contribution in [0.25, 0.3) is 10.8 Å². The molecule has 0 amide bonds. The molecular formula is C40H58O3. The van der Waals surface area contributed by atoms with E-state index in [-0.39, 0.29) is 5.78 Å². The molecule has 3 aromatic carbocycles. The maximum absolute atomic E-state index is 12.4. The monoisotopic (exact) mass is 586 g/mol. The van der Waals surface area contributed by atoms with Gasteiger partial charge in [0.15, 0.2) is 5.78 Å². The number of benzene rings is 3. The van der Waals surface area contributed by atoms with Gasteiger partial charge in [-0.1, -0.05) is 153 Å². The molecule has 0 spiro atoms. The van der Waals surface area contributed by atoms with Gasteiger partial charge in [-0.05, 0) is 52.9 Å². The Morgan fingerprint density at radius 1 is 0.605 bits per heavy atom. The minimum absolute atomic E-state index is 0.217. The van der Waals surface area contributed by atoms with E-state index in [4.69, 9.17) is 9.47 Å². The maximum atomic E-state index is 12.4. The molecular weight excluding hydrogens is 528 g/mol. The molecule has 43 heavy (non-hydrogen) atoms. The third-order valence-electron chi connectivity index (χ3n) is 8.71. The number of hydrogen-bond donors (Lipinski definition) is 0. The second-order valence-corrected chi connectivity index (χ2v) is 12.6. The predicted octanol–water partition coefficient (Wildman–Crippen LogP) is 12.3. The average molecular weight is 587 g/mol. The van der Waals surface area contributed by atoms with Gasteiger partial charge in [-0.3, -0.25) is 4.79 Å². The summed E-state index contributed by atoms with van der Waals surface area (Å²) in [5.74, 6) is 2.42. The third-order valence-corrected chi connectivity index (χ3v) is 8.71. The van der Waals surface area contributed by atoms with Gasteiger partial charge in [-0.15, -0.1) is 0 Å². The van der Waals surface area contributed by atoms with Crippen molar-refractivity contribution >= 4 is 16.6 Å². The summed E-state index contributed by atoms with van der Waals surface area (Å²) in [4.78, 5) is 12.4. The first-order valence-corrected chi connectivity index (χ1v) is 17.5. The smallest absolute Gasteiger partial charge is 0.163 e. The zero-order valence-corrected chi connectivity index (χ0v) is 27.5. The van der Waals surface area contributed by atoms with Gasteiger partial charge < -0.3 is 9.47 Å². The van der Waals surface area contributed by atoms with Crippen molar-refractivity contribution in [1.82, 2.24) is 0 Å². The van der Waals surface area contributed by atoms with E-state index in [9.17, 15) is 4.79 Å². The molecule has 236 valence electrons. The summed E-state index contributed by atoms with van der Waals surface area (Å²) in [7, 11) is 0. The summed E-state index contributed by atoms with van der Waals surface area (Å²) in [6, 6.07) is 20.3. The van der Waals surface area contributed by atoms with Crippen LogP contribution in [0.1, 0.15) is 146 Å². The van der Waals surface area contributed by atoms with Crippen LogP contribution in [0.15, 0.2) is 60.7 Å². The van der Waals surface area contributed by atoms with Crippen LogP contribution >= 0.6 is 0 Å². The van der Waals surface area contributed by atoms with Gasteiger partial charge in [0.25, 0.3) is 0 Å². The van der Waals surface area contributed by atoms with Crippen LogP contribution in [0.2, 0.25) is 0 Å². The summed E-state index contributed by atoms with van der Waals surface area (Å²) < 4.78 is 12.1. The first-order chi connectivity index (χ1) is 21.1. The van der Waals surface area contributed by atoms with Gasteiger partial charge in [0, 0.05) is 12.0 Å². The Labute approximate surface area is 262 Å². The lowest BCUT2D eigenvalue weighted by molar-refractivity contribution is 0.0963. The lowest BCUT2D eigenvalue weighted by Crippen LogP contribution is -2.05. The second-order valence-electron chi connectivity index (χ2n) is 12.6. The summed E-state index contributed by atoms with van der Waals surface area (Å²) in [6.45, 7) is 7.80. The molecule has 0 saturated heterocycles. The molecule has 0 bridgehead atoms. The fraction of sp³-hybridized carbons (Fsp3) is 0.575. The Hall–Kier alpha value is -2.81. The predicted molar refractivity (Wildman–Crippen MR) is 184 cm³/mol. The lowest BCUT2D eigenvalue weighted by Gasteiger charge is -2.10. The Morgan fingerprint density at radius 3 is 1.60 bits per heavy atom. The van der Waals surface area contributed by atoms with Crippen molar-refractivity contribution in [3.05, 3.63) is 71.8 Å². The SMILES string of the molecule is CCCCCCCCCCCCCCCCCOc1ccc2cc(OCc3ccc(C(=O)C[C@H](C)CC)cc3)ccc2c1. The normalized spacial score (nSPS) is 12.0. The molecule has 3 aromatic rings. The number of unbranched alkanes of at least 4 members (excludes halogenated alkanes) is 14. The highest BCUT2D eigenvalue weighted by Crippen LogP contribution is 2.26. The summed E-state index contributed by atoms with van der Waals surface area (Å²) in [6.07, 6.45) is 22.3. The number of rotatable bonds is 24. The largest absolute Gasteiger partial charge is 0.494 e. The maximum Gasteiger partial charge on any atom is 0.163 e. The van der Waals surface area contributed by atoms with Crippen LogP contribution in [-0.2, 0) is 6.61 Å². The molecule has 0 aliphatic carbocycles. The molecule has 0 aliphatic heterocycles. The van der Waals surface area contributed by atoms with Gasteiger partial charge in [0.05, 0.1) is 6.61 Å². The van der Waals surface area contributed by atoms with E-state index < -0.39 is 0 Å². The van der Waals surface area contributed by atoms with E-state index in [0.29, 0.717) is 18.9 Å². The van der Waals surface area contributed by atoms with Gasteiger partial charge in [-0.25, -0.2) is 0 Å². The van der Waals surface area contributed by atoms with E-state index in [1.807, 2.05) is 30.3 Å². The number of hydrogen-bond acceptors (Lipinski definition) is 3. The first-order valence-electron chi connectivity index (χ1n) is 17.5. The zero-order valence-electron chi connectivity index (χ0n) is 27.5. The Kier molecular flexibility index (Phi) is 16.9. The molecule has 3 heteroatoms. The Balaban J connectivity index is 1.26. The molecule has 0 aliphatic rings. The van der Waals surface area contributed by atoms with E-state index in [1.165, 1.54) is 89.9 Å². The van der Waals surface area contributed by atoms with E-state index in [2.05, 4.69) is 51.1 Å². The van der Waals surface area contributed by atoms with Gasteiger partial charge >= 0.3 is 0 Å². The highest BCUT2D eigenvalue weighted by molar-refractivity contribution is 5.96. The van der Waals surface area contributed by atoms with Crippen molar-refractivity contribution in [1.29, 1.82) is 0 Å². The van der Waals surface area contributed by atoms with Gasteiger partial charge in [0.1, 0.15) is 18.1 Å². The fourth-order valence-electron chi connectivity index (χ4n) is 5.58. The number of ether oxygens (including phenoxy) is 2. The van der Waals surface area contributed by atoms with E-state index in [1.54, 1.807) is 0 Å². The average Bonchev–Trinajstić information content (AvgIpc) is 3.03. The number of ketones is 1. The van der Waals surface area contributed by atoms with E-state index in [0.717, 1.165) is 52.8 Å². The summed E-state index contributed by atoms with van der Waals surface area (Å²) >= 11 is 0. The molecule has 0 aromatic heterocycles. The van der Waals surface area contributed by atoms with Crippen LogP contribution in [0, 0.1) is 5.92 Å². The zero-order chi connectivity index (χ0) is 30.5. The lowest BCUT2D eigenvalue weighted by atomic mass is 9.97. The topological polar surface area (TPSA) is 35.5 Å². The number of carbonyl (C=O) groups excluding carboxylic acids is 1. The van der Waals surface area contributed by atoms with Gasteiger partial charge in [-0.2, -0.15) is 0 Å². The van der Waals surface area contributed by atoms with Crippen LogP contribution in [-0.4, -0.2) is 12.4 Å². The Morgan fingerprint density at radius 2 is 1.09 bits per heavy atom. The van der Waals surface area contributed by atoms with Crippen molar-refractivity contribution in [2.75, 3.05) is 6.61 Å². The first kappa shape index (κ1) is 34.7. The van der Waals surface area contributed by atoms with Crippen LogP contribution in [0.5, 0.6) is 11.5 Å². The standard InChI is InChI=1S/C40H58O3/c1-4-6-7-8-9-10-11-12-13-14-15-16-17-18-19-28-42-38-26-24-37-31-39(27-25-36(37)30-38)43-32-34-20-22-35(23-21-34)40(41)29-33(3)5-2/h20-27,30-31,33H,4-19,28-29,32H2,1-3H3/t33-/m1/s1. The minimum Gasteiger partial charge on any atom is -0.494 e. The molecule has 0 fully saturated rings. The van der Waals surface area contributed by atoms with Crippen molar-refractivity contribution in [2.45, 2.75) is 137 Å². The number of carbonyl (C=O) groups is 1. The molecule has 3 nitrogen and oxygen atoms in total. The molecule has 0 radical (unpaired) electrons. The molecule has 0 saturated carbocycles. The third kappa shape index (κ3) is 14.0. The summed E-state index contributed by atoms with van der Waals surface area (Å²) in [5, 5.41) is 2.30. The number of fused-ring (bicyclic) bond motifs is 1. The van der Waals surface area contributed by atoms with Crippen LogP contribution in [0.4, 0.5) is 0 Å². The van der Waals surface area contributed by atoms with E-state index >= 15 is 0 Å². The molecule has 3 rings (SSSR count). The van der Waals surface area contributed by atoms with Crippen molar-refractivity contribution < 1.29 is 14.3 Å². The molecule has 0 heterocycles. The second kappa shape index (κ2) is 21.0. The van der Waals surface area contributed by atoms with Crippen molar-refractivity contribution in [2.24, 2.45) is 5.92 Å². The molecule has 0 unspecified atom stereocenters. The highest BCUT2D eigenvalue weighted by atomic mass is 16.5. The highest BCUT2D eigenvalue weighted by Gasteiger charge is 2.10. The van der Waals surface area contributed by atoms with Crippen molar-refractivity contribution in [3.63, 3.8) is 0 Å². The molecule has 0 N–H and O–H groups in total. The summed E-state index contributed by atoms with van der Waals surface area (Å²) in [5.41, 5.74) is 1.84. The number of Topliss-reactive ketones (excluding diaryl/α,β-unsaturated/α-hetero) is 1. The minimum atomic E-state index is 0.217. The van der Waals surface area contributed by atoms with Crippen LogP contribution < -0.4 is 9.47 Å². The Bertz CT molecular complexity index is 1170. The van der Waals surface area contributed by atoms with Gasteiger partial charge in [0.2, 0.25) is 0 Å². The quantitative estimate of drug-likeness (QED) is 0.0773. The fourth-order valence-corrected chi connectivity index (χ4v) is 5.58. The molecule has 1 atom stereocenters.